The fourth-order valence-electron chi connectivity index (χ4n) is 7.58. The summed E-state index contributed by atoms with van der Waals surface area (Å²) in [5, 5.41) is 10.2. The lowest BCUT2D eigenvalue weighted by molar-refractivity contribution is -0.131. The van der Waals surface area contributed by atoms with E-state index in [-0.39, 0.29) is 28.2 Å². The molecule has 9 heteroatoms. The molecule has 2 spiro atoms. The van der Waals surface area contributed by atoms with Crippen LogP contribution in [0.2, 0.25) is 10.0 Å². The van der Waals surface area contributed by atoms with Crippen molar-refractivity contribution in [3.63, 3.8) is 0 Å². The Kier molecular flexibility index (Phi) is 7.62. The van der Waals surface area contributed by atoms with Crippen molar-refractivity contribution in [1.82, 2.24) is 5.32 Å². The first-order valence-corrected chi connectivity index (χ1v) is 15.1. The first-order valence-electron chi connectivity index (χ1n) is 14.4. The Morgan fingerprint density at radius 3 is 2.43 bits per heavy atom. The number of carbonyl (C=O) groups excluding carboxylic acids is 3. The number of amides is 2. The molecule has 0 bridgehead atoms. The summed E-state index contributed by atoms with van der Waals surface area (Å²) in [7, 11) is 0. The maximum atomic E-state index is 16.0. The topological polar surface area (TPSA) is 87.3 Å². The van der Waals surface area contributed by atoms with Gasteiger partial charge in [0.05, 0.1) is 16.5 Å². The third kappa shape index (κ3) is 4.72. The van der Waals surface area contributed by atoms with E-state index >= 15 is 4.39 Å². The SMILES string of the molecule is CC(=O)c1ccc(NC(=O)[C@@H]2NC3(CCCCC3)[C@]3(CCc4ccc(Cl)cc4NC3=O)[C@H]2c2cccc(Cl)c2F)cc1. The van der Waals surface area contributed by atoms with Gasteiger partial charge in [-0.25, -0.2) is 4.39 Å². The van der Waals surface area contributed by atoms with Crippen LogP contribution in [0.25, 0.3) is 0 Å². The summed E-state index contributed by atoms with van der Waals surface area (Å²) in [6, 6.07) is 16.0. The molecule has 0 radical (unpaired) electrons. The summed E-state index contributed by atoms with van der Waals surface area (Å²) in [4.78, 5) is 40.6. The van der Waals surface area contributed by atoms with Crippen LogP contribution in [-0.2, 0) is 16.0 Å². The minimum absolute atomic E-state index is 0.0599. The minimum atomic E-state index is -1.16. The molecule has 2 aliphatic heterocycles. The van der Waals surface area contributed by atoms with Crippen LogP contribution in [0, 0.1) is 11.2 Å². The number of hydrogen-bond donors (Lipinski definition) is 3. The van der Waals surface area contributed by atoms with Gasteiger partial charge in [-0.2, -0.15) is 0 Å². The molecule has 3 N–H and O–H groups in total. The van der Waals surface area contributed by atoms with E-state index in [0.29, 0.717) is 47.6 Å². The van der Waals surface area contributed by atoms with Crippen molar-refractivity contribution in [1.29, 1.82) is 0 Å². The van der Waals surface area contributed by atoms with Gasteiger partial charge in [-0.05, 0) is 86.2 Å². The van der Waals surface area contributed by atoms with E-state index in [1.54, 1.807) is 48.5 Å². The van der Waals surface area contributed by atoms with Crippen LogP contribution in [0.1, 0.15) is 72.9 Å². The Hall–Kier alpha value is -3.26. The largest absolute Gasteiger partial charge is 0.325 e. The molecule has 2 heterocycles. The molecule has 1 saturated heterocycles. The van der Waals surface area contributed by atoms with E-state index in [9.17, 15) is 14.4 Å². The smallest absolute Gasteiger partial charge is 0.242 e. The third-order valence-electron chi connectivity index (χ3n) is 9.53. The average Bonchev–Trinajstić information content (AvgIpc) is 3.15. The van der Waals surface area contributed by atoms with E-state index in [1.807, 2.05) is 6.07 Å². The number of anilines is 2. The Bertz CT molecular complexity index is 1570. The van der Waals surface area contributed by atoms with Crippen LogP contribution in [0.5, 0.6) is 0 Å². The Labute approximate surface area is 254 Å². The van der Waals surface area contributed by atoms with Crippen LogP contribution in [0.3, 0.4) is 0 Å². The molecular weight excluding hydrogens is 576 g/mol. The predicted octanol–water partition coefficient (Wildman–Crippen LogP) is 7.30. The zero-order chi connectivity index (χ0) is 29.6. The summed E-state index contributed by atoms with van der Waals surface area (Å²) >= 11 is 12.6. The van der Waals surface area contributed by atoms with Gasteiger partial charge in [0, 0.05) is 33.4 Å². The standard InChI is InChI=1S/C33H32Cl2FN3O3/c1-19(40)20-9-12-23(13-10-20)37-30(41)29-27(24-6-5-7-25(35)28(24)36)33(32(39-29)15-3-2-4-16-32)17-14-21-8-11-22(34)18-26(21)38-31(33)42/h5-13,18,27,29,39H,2-4,14-17H2,1H3,(H,37,41)(H,38,42)/t27-,29+,33+/m0/s1. The molecule has 6 rings (SSSR count). The lowest BCUT2D eigenvalue weighted by Crippen LogP contribution is -2.59. The molecule has 6 nitrogen and oxygen atoms in total. The normalized spacial score (nSPS) is 24.6. The van der Waals surface area contributed by atoms with E-state index < -0.39 is 28.7 Å². The van der Waals surface area contributed by atoms with Crippen LogP contribution in [-0.4, -0.2) is 29.2 Å². The van der Waals surface area contributed by atoms with Crippen molar-refractivity contribution in [3.8, 4) is 0 Å². The van der Waals surface area contributed by atoms with Gasteiger partial charge in [0.2, 0.25) is 11.8 Å². The highest BCUT2D eigenvalue weighted by Gasteiger charge is 2.69. The second-order valence-corrected chi connectivity index (χ2v) is 12.6. The zero-order valence-electron chi connectivity index (χ0n) is 23.2. The highest BCUT2D eigenvalue weighted by Crippen LogP contribution is 2.61. The van der Waals surface area contributed by atoms with Gasteiger partial charge in [0.25, 0.3) is 0 Å². The first-order chi connectivity index (χ1) is 20.1. The van der Waals surface area contributed by atoms with Crippen LogP contribution in [0.4, 0.5) is 15.8 Å². The second kappa shape index (κ2) is 11.1. The Morgan fingerprint density at radius 1 is 0.976 bits per heavy atom. The molecule has 2 fully saturated rings. The van der Waals surface area contributed by atoms with Gasteiger partial charge in [-0.1, -0.05) is 60.7 Å². The van der Waals surface area contributed by atoms with Crippen molar-refractivity contribution in [2.45, 2.75) is 69.4 Å². The quantitative estimate of drug-likeness (QED) is 0.271. The van der Waals surface area contributed by atoms with E-state index in [0.717, 1.165) is 24.8 Å². The van der Waals surface area contributed by atoms with Gasteiger partial charge >= 0.3 is 0 Å². The molecule has 42 heavy (non-hydrogen) atoms. The Morgan fingerprint density at radius 2 is 1.71 bits per heavy atom. The average molecular weight is 609 g/mol. The highest BCUT2D eigenvalue weighted by atomic mass is 35.5. The number of hydrogen-bond acceptors (Lipinski definition) is 4. The monoisotopic (exact) mass is 607 g/mol. The number of Topliss-reactive ketones (excluding diaryl/α,β-unsaturated/α-hetero) is 1. The number of ketones is 1. The number of rotatable bonds is 4. The minimum Gasteiger partial charge on any atom is -0.325 e. The van der Waals surface area contributed by atoms with E-state index in [4.69, 9.17) is 23.2 Å². The molecule has 2 amide bonds. The molecule has 0 aromatic heterocycles. The number of fused-ring (bicyclic) bond motifs is 2. The number of halogens is 3. The number of carbonyl (C=O) groups is 3. The fraction of sp³-hybridized carbons (Fsp3) is 0.364. The Balaban J connectivity index is 1.49. The van der Waals surface area contributed by atoms with Crippen molar-refractivity contribution in [3.05, 3.63) is 93.2 Å². The molecule has 218 valence electrons. The molecule has 0 unspecified atom stereocenters. The lowest BCUT2D eigenvalue weighted by atomic mass is 9.55. The molecule has 3 aromatic carbocycles. The summed E-state index contributed by atoms with van der Waals surface area (Å²) in [5.74, 6) is -2.18. The molecule has 1 saturated carbocycles. The molecule has 3 aliphatic rings. The van der Waals surface area contributed by atoms with Crippen LogP contribution in [0.15, 0.2) is 60.7 Å². The molecular formula is C33H32Cl2FN3O3. The van der Waals surface area contributed by atoms with Crippen molar-refractivity contribution in [2.24, 2.45) is 5.41 Å². The summed E-state index contributed by atoms with van der Waals surface area (Å²) in [5.41, 5.74) is 0.942. The van der Waals surface area contributed by atoms with Gasteiger partial charge in [-0.3, -0.25) is 19.7 Å². The number of nitrogens with one attached hydrogen (secondary N) is 3. The van der Waals surface area contributed by atoms with Gasteiger partial charge in [-0.15, -0.1) is 0 Å². The highest BCUT2D eigenvalue weighted by molar-refractivity contribution is 6.31. The van der Waals surface area contributed by atoms with Gasteiger partial charge < -0.3 is 10.6 Å². The summed E-state index contributed by atoms with van der Waals surface area (Å²) in [6.45, 7) is 1.48. The fourth-order valence-corrected chi connectivity index (χ4v) is 7.94. The van der Waals surface area contributed by atoms with Gasteiger partial charge in [0.15, 0.2) is 5.78 Å². The molecule has 1 aliphatic carbocycles. The van der Waals surface area contributed by atoms with Gasteiger partial charge in [0.1, 0.15) is 5.82 Å². The predicted molar refractivity (Wildman–Crippen MR) is 163 cm³/mol. The lowest BCUT2D eigenvalue weighted by Gasteiger charge is -2.48. The third-order valence-corrected chi connectivity index (χ3v) is 10.1. The van der Waals surface area contributed by atoms with Crippen LogP contribution >= 0.6 is 23.2 Å². The summed E-state index contributed by atoms with van der Waals surface area (Å²) < 4.78 is 16.0. The summed E-state index contributed by atoms with van der Waals surface area (Å²) in [6.07, 6.45) is 5.09. The second-order valence-electron chi connectivity index (χ2n) is 11.7. The maximum Gasteiger partial charge on any atom is 0.242 e. The van der Waals surface area contributed by atoms with E-state index in [1.165, 1.54) is 13.0 Å². The van der Waals surface area contributed by atoms with Crippen molar-refractivity contribution in [2.75, 3.05) is 10.6 Å². The maximum absolute atomic E-state index is 16.0. The van der Waals surface area contributed by atoms with Crippen molar-refractivity contribution >= 4 is 52.2 Å². The number of benzene rings is 3. The zero-order valence-corrected chi connectivity index (χ0v) is 24.7. The molecule has 3 atom stereocenters. The van der Waals surface area contributed by atoms with Crippen LogP contribution < -0.4 is 16.0 Å². The first kappa shape index (κ1) is 28.8. The van der Waals surface area contributed by atoms with Crippen molar-refractivity contribution < 1.29 is 18.8 Å². The molecule has 3 aromatic rings. The number of aryl methyl sites for hydroxylation is 1. The van der Waals surface area contributed by atoms with E-state index in [2.05, 4.69) is 16.0 Å².